The molecule has 0 bridgehead atoms. The van der Waals surface area contributed by atoms with Gasteiger partial charge in [-0.1, -0.05) is 26.0 Å². The van der Waals surface area contributed by atoms with E-state index in [0.29, 0.717) is 11.7 Å². The standard InChI is InChI=1S/C16H27FN2O/c1-4-14(5-2)19(12-13-20-3)11-10-18-16-9-7-6-8-15(16)17/h6-9,14,18H,4-5,10-13H2,1-3H3. The van der Waals surface area contributed by atoms with E-state index < -0.39 is 0 Å². The lowest BCUT2D eigenvalue weighted by Gasteiger charge is -2.30. The number of methoxy groups -OCH3 is 1. The SMILES string of the molecule is CCC(CC)N(CCNc1ccccc1F)CCOC. The van der Waals surface area contributed by atoms with Crippen molar-refractivity contribution in [1.82, 2.24) is 4.90 Å². The second kappa shape index (κ2) is 9.72. The molecule has 0 unspecified atom stereocenters. The topological polar surface area (TPSA) is 24.5 Å². The molecule has 0 radical (unpaired) electrons. The molecule has 0 atom stereocenters. The van der Waals surface area contributed by atoms with Gasteiger partial charge in [-0.15, -0.1) is 0 Å². The molecule has 0 heterocycles. The molecule has 1 N–H and O–H groups in total. The van der Waals surface area contributed by atoms with Crippen molar-refractivity contribution < 1.29 is 9.13 Å². The number of hydrogen-bond acceptors (Lipinski definition) is 3. The van der Waals surface area contributed by atoms with E-state index in [1.807, 2.05) is 6.07 Å². The van der Waals surface area contributed by atoms with Gasteiger partial charge in [0.1, 0.15) is 5.82 Å². The van der Waals surface area contributed by atoms with Crippen molar-refractivity contribution in [2.45, 2.75) is 32.7 Å². The van der Waals surface area contributed by atoms with Gasteiger partial charge in [0.15, 0.2) is 0 Å². The quantitative estimate of drug-likeness (QED) is 0.712. The van der Waals surface area contributed by atoms with Crippen LogP contribution in [0.3, 0.4) is 0 Å². The summed E-state index contributed by atoms with van der Waals surface area (Å²) in [4.78, 5) is 2.41. The molecule has 0 fully saturated rings. The summed E-state index contributed by atoms with van der Waals surface area (Å²) in [5.74, 6) is -0.196. The third kappa shape index (κ3) is 5.47. The molecule has 0 aliphatic carbocycles. The van der Waals surface area contributed by atoms with Gasteiger partial charge in [0.05, 0.1) is 12.3 Å². The van der Waals surface area contributed by atoms with Crippen LogP contribution in [0.25, 0.3) is 0 Å². The van der Waals surface area contributed by atoms with E-state index in [4.69, 9.17) is 4.74 Å². The summed E-state index contributed by atoms with van der Waals surface area (Å²) in [6.45, 7) is 7.69. The number of rotatable bonds is 10. The zero-order chi connectivity index (χ0) is 14.8. The molecule has 20 heavy (non-hydrogen) atoms. The van der Waals surface area contributed by atoms with Crippen molar-refractivity contribution in [2.75, 3.05) is 38.7 Å². The highest BCUT2D eigenvalue weighted by atomic mass is 19.1. The van der Waals surface area contributed by atoms with E-state index in [-0.39, 0.29) is 5.82 Å². The predicted molar refractivity (Wildman–Crippen MR) is 82.7 cm³/mol. The fourth-order valence-corrected chi connectivity index (χ4v) is 2.43. The Morgan fingerprint density at radius 1 is 1.20 bits per heavy atom. The summed E-state index contributed by atoms with van der Waals surface area (Å²) < 4.78 is 18.7. The molecule has 0 saturated carbocycles. The predicted octanol–water partition coefficient (Wildman–Crippen LogP) is 3.37. The minimum atomic E-state index is -0.196. The number of anilines is 1. The van der Waals surface area contributed by atoms with Crippen molar-refractivity contribution in [3.63, 3.8) is 0 Å². The van der Waals surface area contributed by atoms with Crippen LogP contribution in [0.1, 0.15) is 26.7 Å². The number of benzene rings is 1. The largest absolute Gasteiger partial charge is 0.383 e. The molecule has 0 aliphatic rings. The molecule has 1 rings (SSSR count). The highest BCUT2D eigenvalue weighted by molar-refractivity contribution is 5.44. The van der Waals surface area contributed by atoms with E-state index in [9.17, 15) is 4.39 Å². The lowest BCUT2D eigenvalue weighted by Crippen LogP contribution is -2.40. The highest BCUT2D eigenvalue weighted by Crippen LogP contribution is 2.13. The molecule has 3 nitrogen and oxygen atoms in total. The number of halogens is 1. The maximum atomic E-state index is 13.5. The van der Waals surface area contributed by atoms with E-state index in [2.05, 4.69) is 24.1 Å². The molecule has 0 saturated heterocycles. The van der Waals surface area contributed by atoms with Crippen molar-refractivity contribution in [3.05, 3.63) is 30.1 Å². The monoisotopic (exact) mass is 282 g/mol. The van der Waals surface area contributed by atoms with Crippen LogP contribution in [0, 0.1) is 5.82 Å². The van der Waals surface area contributed by atoms with Gasteiger partial charge in [0.25, 0.3) is 0 Å². The summed E-state index contributed by atoms with van der Waals surface area (Å²) in [6, 6.07) is 7.36. The Balaban J connectivity index is 2.47. The Kier molecular flexibility index (Phi) is 8.23. The van der Waals surface area contributed by atoms with Crippen LogP contribution in [-0.4, -0.2) is 44.3 Å². The minimum absolute atomic E-state index is 0.196. The first kappa shape index (κ1) is 16.9. The van der Waals surface area contributed by atoms with E-state index in [1.165, 1.54) is 6.07 Å². The summed E-state index contributed by atoms with van der Waals surface area (Å²) in [5.41, 5.74) is 0.573. The average molecular weight is 282 g/mol. The molecule has 0 spiro atoms. The van der Waals surface area contributed by atoms with Gasteiger partial charge in [-0.25, -0.2) is 4.39 Å². The zero-order valence-corrected chi connectivity index (χ0v) is 12.9. The van der Waals surface area contributed by atoms with Crippen LogP contribution in [0.2, 0.25) is 0 Å². The molecular formula is C16H27FN2O. The van der Waals surface area contributed by atoms with Crippen LogP contribution in [0.15, 0.2) is 24.3 Å². The number of ether oxygens (including phenoxy) is 1. The number of nitrogens with zero attached hydrogens (tertiary/aromatic N) is 1. The third-order valence-corrected chi connectivity index (χ3v) is 3.63. The lowest BCUT2D eigenvalue weighted by atomic mass is 10.1. The fourth-order valence-electron chi connectivity index (χ4n) is 2.43. The second-order valence-electron chi connectivity index (χ2n) is 4.91. The van der Waals surface area contributed by atoms with Gasteiger partial charge in [-0.05, 0) is 25.0 Å². The zero-order valence-electron chi connectivity index (χ0n) is 12.9. The first-order valence-electron chi connectivity index (χ1n) is 7.44. The fraction of sp³-hybridized carbons (Fsp3) is 0.625. The van der Waals surface area contributed by atoms with Gasteiger partial charge in [0, 0.05) is 32.8 Å². The summed E-state index contributed by atoms with van der Waals surface area (Å²) in [6.07, 6.45) is 2.25. The summed E-state index contributed by atoms with van der Waals surface area (Å²) in [5, 5.41) is 3.17. The first-order valence-corrected chi connectivity index (χ1v) is 7.44. The van der Waals surface area contributed by atoms with Crippen molar-refractivity contribution in [3.8, 4) is 0 Å². The number of nitrogens with one attached hydrogen (secondary N) is 1. The highest BCUT2D eigenvalue weighted by Gasteiger charge is 2.14. The van der Waals surface area contributed by atoms with E-state index in [0.717, 1.165) is 39.1 Å². The van der Waals surface area contributed by atoms with E-state index >= 15 is 0 Å². The molecule has 0 aromatic heterocycles. The maximum Gasteiger partial charge on any atom is 0.146 e. The van der Waals surface area contributed by atoms with Crippen LogP contribution in [-0.2, 0) is 4.74 Å². The maximum absolute atomic E-state index is 13.5. The second-order valence-corrected chi connectivity index (χ2v) is 4.91. The van der Waals surface area contributed by atoms with Gasteiger partial charge >= 0.3 is 0 Å². The Bertz CT molecular complexity index is 369. The molecule has 1 aromatic carbocycles. The molecule has 4 heteroatoms. The summed E-state index contributed by atoms with van der Waals surface area (Å²) in [7, 11) is 1.72. The minimum Gasteiger partial charge on any atom is -0.383 e. The third-order valence-electron chi connectivity index (χ3n) is 3.63. The lowest BCUT2D eigenvalue weighted by molar-refractivity contribution is 0.118. The Labute approximate surface area is 122 Å². The van der Waals surface area contributed by atoms with Crippen LogP contribution in [0.4, 0.5) is 10.1 Å². The smallest absolute Gasteiger partial charge is 0.146 e. The first-order chi connectivity index (χ1) is 9.72. The molecule has 1 aromatic rings. The number of para-hydroxylation sites is 1. The van der Waals surface area contributed by atoms with E-state index in [1.54, 1.807) is 19.2 Å². The Hall–Kier alpha value is -1.13. The van der Waals surface area contributed by atoms with Crippen LogP contribution in [0.5, 0.6) is 0 Å². The molecule has 0 amide bonds. The van der Waals surface area contributed by atoms with Crippen molar-refractivity contribution in [2.24, 2.45) is 0 Å². The van der Waals surface area contributed by atoms with Gasteiger partial charge in [0.2, 0.25) is 0 Å². The Morgan fingerprint density at radius 2 is 1.90 bits per heavy atom. The van der Waals surface area contributed by atoms with Crippen LogP contribution < -0.4 is 5.32 Å². The van der Waals surface area contributed by atoms with Crippen molar-refractivity contribution in [1.29, 1.82) is 0 Å². The molecule has 0 aliphatic heterocycles. The molecular weight excluding hydrogens is 255 g/mol. The summed E-state index contributed by atoms with van der Waals surface area (Å²) >= 11 is 0. The number of hydrogen-bond donors (Lipinski definition) is 1. The normalized spacial score (nSPS) is 11.3. The van der Waals surface area contributed by atoms with Crippen LogP contribution >= 0.6 is 0 Å². The Morgan fingerprint density at radius 3 is 2.50 bits per heavy atom. The van der Waals surface area contributed by atoms with Gasteiger partial charge in [-0.3, -0.25) is 4.90 Å². The average Bonchev–Trinajstić information content (AvgIpc) is 2.47. The van der Waals surface area contributed by atoms with Crippen molar-refractivity contribution >= 4 is 5.69 Å². The van der Waals surface area contributed by atoms with Gasteiger partial charge < -0.3 is 10.1 Å². The van der Waals surface area contributed by atoms with Gasteiger partial charge in [-0.2, -0.15) is 0 Å². The molecule has 114 valence electrons.